The van der Waals surface area contributed by atoms with Gasteiger partial charge in [-0.2, -0.15) is 0 Å². The van der Waals surface area contributed by atoms with Crippen LogP contribution >= 0.6 is 0 Å². The van der Waals surface area contributed by atoms with E-state index in [-0.39, 0.29) is 19.4 Å². The Morgan fingerprint density at radius 3 is 2.02 bits per heavy atom. The fraction of sp³-hybridized carbons (Fsp3) is 0.535. The van der Waals surface area contributed by atoms with Crippen LogP contribution in [0.4, 0.5) is 0 Å². The number of nitrogens with one attached hydrogen (secondary N) is 8. The second-order valence-electron chi connectivity index (χ2n) is 16.9. The molecule has 2 saturated heterocycles. The number of carboxylic acids is 2. The van der Waals surface area contributed by atoms with Gasteiger partial charge in [0.1, 0.15) is 42.3 Å². The van der Waals surface area contributed by atoms with Crippen molar-refractivity contribution in [2.24, 2.45) is 17.6 Å². The number of hydrogen-bond acceptors (Lipinski definition) is 12. The van der Waals surface area contributed by atoms with E-state index < -0.39 is 132 Å². The SMILES string of the molecule is CC(C)[C@H](NC(=O)[C@H](Cc1c[nH]c2ccccc12)NC(=O)[C@H](CO)NC(=O)[C@H](CC(=O)O)NC(=O)[C@@H](NC(=O)[C@@H]1CCCN1C(=O)[C@H](/C=C/C(N)=O)NC(=O)[C@@H]1CCCN1)C(C)C)C(=O)O. The number of amides is 8. The third-order valence-electron chi connectivity index (χ3n) is 11.3. The lowest BCUT2D eigenvalue weighted by Gasteiger charge is -2.30. The summed E-state index contributed by atoms with van der Waals surface area (Å²) in [5.74, 6) is -11.2. The van der Waals surface area contributed by atoms with Crippen LogP contribution in [-0.4, -0.2) is 152 Å². The number of nitrogens with two attached hydrogens (primary N) is 1. The van der Waals surface area contributed by atoms with Gasteiger partial charge in [-0.25, -0.2) is 4.79 Å². The first-order chi connectivity index (χ1) is 31.2. The third kappa shape index (κ3) is 14.1. The molecule has 2 aliphatic rings. The van der Waals surface area contributed by atoms with Gasteiger partial charge in [-0.05, 0) is 61.8 Å². The zero-order valence-electron chi connectivity index (χ0n) is 37.1. The predicted molar refractivity (Wildman–Crippen MR) is 234 cm³/mol. The van der Waals surface area contributed by atoms with E-state index in [0.29, 0.717) is 35.9 Å². The van der Waals surface area contributed by atoms with Gasteiger partial charge in [0.05, 0.1) is 19.1 Å². The number of para-hydroxylation sites is 1. The summed E-state index contributed by atoms with van der Waals surface area (Å²) in [6.07, 6.45) is 4.26. The lowest BCUT2D eigenvalue weighted by atomic mass is 10.0. The molecule has 1 aromatic heterocycles. The van der Waals surface area contributed by atoms with Crippen LogP contribution in [0.15, 0.2) is 42.6 Å². The van der Waals surface area contributed by atoms with E-state index >= 15 is 0 Å². The average Bonchev–Trinajstić information content (AvgIpc) is 4.06. The highest BCUT2D eigenvalue weighted by Gasteiger charge is 2.40. The topological polar surface area (TPSA) is 361 Å². The van der Waals surface area contributed by atoms with Crippen LogP contribution in [-0.2, 0) is 54.4 Å². The van der Waals surface area contributed by atoms with Crippen molar-refractivity contribution < 1.29 is 63.3 Å². The van der Waals surface area contributed by atoms with Crippen molar-refractivity contribution in [2.75, 3.05) is 19.7 Å². The summed E-state index contributed by atoms with van der Waals surface area (Å²) in [6.45, 7) is 5.89. The van der Waals surface area contributed by atoms with Gasteiger partial charge in [-0.3, -0.25) is 43.2 Å². The van der Waals surface area contributed by atoms with Gasteiger partial charge in [0.25, 0.3) is 0 Å². The lowest BCUT2D eigenvalue weighted by molar-refractivity contribution is -0.143. The third-order valence-corrected chi connectivity index (χ3v) is 11.3. The minimum Gasteiger partial charge on any atom is -0.481 e. The maximum atomic E-state index is 13.8. The Kier molecular flexibility index (Phi) is 18.7. The molecule has 0 aliphatic carbocycles. The quantitative estimate of drug-likeness (QED) is 0.0504. The summed E-state index contributed by atoms with van der Waals surface area (Å²) in [4.78, 5) is 135. The molecule has 2 fully saturated rings. The van der Waals surface area contributed by atoms with E-state index in [4.69, 9.17) is 5.73 Å². The number of likely N-dealkylation sites (tertiary alicyclic amines) is 1. The van der Waals surface area contributed by atoms with Gasteiger partial charge < -0.3 is 68.2 Å². The minimum absolute atomic E-state index is 0.0869. The van der Waals surface area contributed by atoms with Crippen LogP contribution < -0.4 is 43.0 Å². The highest BCUT2D eigenvalue weighted by Crippen LogP contribution is 2.21. The molecule has 0 bridgehead atoms. The molecule has 2 aromatic rings. The number of carbonyl (C=O) groups is 10. The summed E-state index contributed by atoms with van der Waals surface area (Å²) in [5.41, 5.74) is 6.53. The molecule has 66 heavy (non-hydrogen) atoms. The number of carboxylic acid groups (broad SMARTS) is 2. The normalized spacial score (nSPS) is 18.7. The molecule has 0 radical (unpaired) electrons. The van der Waals surface area contributed by atoms with Crippen molar-refractivity contribution >= 4 is 70.1 Å². The van der Waals surface area contributed by atoms with Crippen LogP contribution in [0.2, 0.25) is 0 Å². The number of primary amides is 1. The number of aromatic nitrogens is 1. The second-order valence-corrected chi connectivity index (χ2v) is 16.9. The molecule has 23 nitrogen and oxygen atoms in total. The van der Waals surface area contributed by atoms with Crippen LogP contribution in [0, 0.1) is 11.8 Å². The van der Waals surface area contributed by atoms with Gasteiger partial charge in [-0.1, -0.05) is 45.9 Å². The molecule has 13 N–H and O–H groups in total. The fourth-order valence-corrected chi connectivity index (χ4v) is 7.69. The second kappa shape index (κ2) is 23.9. The van der Waals surface area contributed by atoms with Crippen molar-refractivity contribution in [3.8, 4) is 0 Å². The molecule has 2 aliphatic heterocycles. The molecule has 23 heteroatoms. The molecule has 8 atom stereocenters. The van der Waals surface area contributed by atoms with Gasteiger partial charge in [0.2, 0.25) is 47.3 Å². The first kappa shape index (κ1) is 51.8. The summed E-state index contributed by atoms with van der Waals surface area (Å²) in [6, 6.07) is -3.85. The molecule has 1 aromatic carbocycles. The van der Waals surface area contributed by atoms with Crippen molar-refractivity contribution in [1.82, 2.24) is 47.1 Å². The average molecular weight is 925 g/mol. The maximum Gasteiger partial charge on any atom is 0.326 e. The molecular weight excluding hydrogens is 865 g/mol. The van der Waals surface area contributed by atoms with E-state index in [1.165, 1.54) is 4.90 Å². The molecule has 4 rings (SSSR count). The maximum absolute atomic E-state index is 13.8. The van der Waals surface area contributed by atoms with Crippen LogP contribution in [0.5, 0.6) is 0 Å². The Morgan fingerprint density at radius 1 is 0.773 bits per heavy atom. The molecule has 8 amide bonds. The first-order valence-corrected chi connectivity index (χ1v) is 21.7. The molecule has 0 spiro atoms. The van der Waals surface area contributed by atoms with Crippen LogP contribution in [0.1, 0.15) is 65.4 Å². The van der Waals surface area contributed by atoms with Gasteiger partial charge in [0.15, 0.2) is 0 Å². The van der Waals surface area contributed by atoms with Crippen molar-refractivity contribution in [2.45, 2.75) is 115 Å². The number of aliphatic carboxylic acids is 2. The van der Waals surface area contributed by atoms with Crippen LogP contribution in [0.3, 0.4) is 0 Å². The van der Waals surface area contributed by atoms with E-state index in [1.54, 1.807) is 58.2 Å². The Bertz CT molecular complexity index is 2170. The summed E-state index contributed by atoms with van der Waals surface area (Å²) >= 11 is 0. The van der Waals surface area contributed by atoms with E-state index in [9.17, 15) is 63.3 Å². The Labute approximate surface area is 379 Å². The van der Waals surface area contributed by atoms with E-state index in [2.05, 4.69) is 42.2 Å². The molecule has 3 heterocycles. The number of H-pyrrole nitrogens is 1. The van der Waals surface area contributed by atoms with E-state index in [0.717, 1.165) is 18.6 Å². The van der Waals surface area contributed by atoms with E-state index in [1.807, 2.05) is 0 Å². The molecule has 0 saturated carbocycles. The number of fused-ring (bicyclic) bond motifs is 1. The number of hydrogen-bond donors (Lipinski definition) is 12. The van der Waals surface area contributed by atoms with Crippen molar-refractivity contribution in [3.63, 3.8) is 0 Å². The summed E-state index contributed by atoms with van der Waals surface area (Å²) in [5, 5.41) is 48.0. The van der Waals surface area contributed by atoms with Crippen molar-refractivity contribution in [3.05, 3.63) is 48.2 Å². The molecule has 360 valence electrons. The van der Waals surface area contributed by atoms with Crippen LogP contribution in [0.25, 0.3) is 10.9 Å². The molecular formula is C43H60N10O13. The number of aliphatic hydroxyl groups is 1. The van der Waals surface area contributed by atoms with Gasteiger partial charge in [-0.15, -0.1) is 0 Å². The first-order valence-electron chi connectivity index (χ1n) is 21.7. The number of carbonyl (C=O) groups excluding carboxylic acids is 8. The number of benzene rings is 1. The summed E-state index contributed by atoms with van der Waals surface area (Å²) < 4.78 is 0. The Morgan fingerprint density at radius 2 is 1.41 bits per heavy atom. The zero-order valence-corrected chi connectivity index (χ0v) is 37.1. The zero-order chi connectivity index (χ0) is 48.8. The van der Waals surface area contributed by atoms with Gasteiger partial charge >= 0.3 is 11.9 Å². The standard InChI is InChI=1S/C43H60N10O13/c1-21(2)34(51-40(62)31-12-8-16-53(31)42(64)27(13-14-32(44)55)47-36(58)26-11-7-15-45-26)41(63)49-29(18-33(56)57)37(59)50-30(20-54)39(61)48-28(38(60)52-35(22(3)4)43(65)66)17-23-19-46-25-10-6-5-9-24(23)25/h5-6,9-10,13-14,19,21-22,26-31,34-35,45-46,54H,7-8,11-12,15-18,20H2,1-4H3,(H2,44,55)(H,47,58)(H,48,61)(H,49,63)(H,50,59)(H,51,62)(H,52,60)(H,56,57)(H,65,66)/b14-13+/t26-,27-,28-,29-,30-,31-,34-,35-/m0/s1. The minimum atomic E-state index is -1.87. The number of rotatable bonds is 23. The number of aliphatic hydroxyl groups excluding tert-OH is 1. The largest absolute Gasteiger partial charge is 0.481 e. The number of aromatic amines is 1. The van der Waals surface area contributed by atoms with Crippen molar-refractivity contribution in [1.29, 1.82) is 0 Å². The predicted octanol–water partition coefficient (Wildman–Crippen LogP) is -2.73. The molecule has 0 unspecified atom stereocenters. The highest BCUT2D eigenvalue weighted by atomic mass is 16.4. The Balaban J connectivity index is 1.48. The number of nitrogens with zero attached hydrogens (tertiary/aromatic N) is 1. The fourth-order valence-electron chi connectivity index (χ4n) is 7.69. The summed E-state index contributed by atoms with van der Waals surface area (Å²) in [7, 11) is 0. The highest BCUT2D eigenvalue weighted by molar-refractivity contribution is 5.99. The smallest absolute Gasteiger partial charge is 0.326 e. The van der Waals surface area contributed by atoms with Gasteiger partial charge in [0, 0.05) is 36.1 Å². The lowest BCUT2D eigenvalue weighted by Crippen LogP contribution is -2.61. The monoisotopic (exact) mass is 924 g/mol. The Hall–Kier alpha value is -6.88.